The number of nitrogens with zero attached hydrogens (tertiary/aromatic N) is 2. The van der Waals surface area contributed by atoms with Crippen LogP contribution in [-0.2, 0) is 11.3 Å². The minimum absolute atomic E-state index is 0. The fourth-order valence-corrected chi connectivity index (χ4v) is 3.36. The van der Waals surface area contributed by atoms with Gasteiger partial charge < -0.3 is 4.74 Å². The van der Waals surface area contributed by atoms with Crippen LogP contribution in [0.1, 0.15) is 34.1 Å². The van der Waals surface area contributed by atoms with Crippen molar-refractivity contribution < 1.29 is 9.53 Å². The molecule has 22 heavy (non-hydrogen) atoms. The van der Waals surface area contributed by atoms with Crippen LogP contribution in [-0.4, -0.2) is 28.8 Å². The van der Waals surface area contributed by atoms with Gasteiger partial charge in [-0.3, -0.25) is 10.2 Å². The van der Waals surface area contributed by atoms with Crippen LogP contribution < -0.4 is 4.80 Å². The van der Waals surface area contributed by atoms with Crippen molar-refractivity contribution in [1.29, 1.82) is 5.41 Å². The largest absolute Gasteiger partial charge is 0.381 e. The average molecular weight is 384 g/mol. The van der Waals surface area contributed by atoms with Crippen molar-refractivity contribution in [2.75, 3.05) is 13.2 Å². The normalized spacial score (nSPS) is 15.3. The van der Waals surface area contributed by atoms with E-state index >= 15 is 0 Å². The van der Waals surface area contributed by atoms with Gasteiger partial charge in [-0.15, -0.1) is 17.0 Å². The zero-order chi connectivity index (χ0) is 14.7. The molecule has 5 nitrogen and oxygen atoms in total. The monoisotopic (exact) mass is 383 g/mol. The lowest BCUT2D eigenvalue weighted by Crippen LogP contribution is -2.21. The number of hydrogen-bond acceptors (Lipinski definition) is 5. The topological polar surface area (TPSA) is 68.0 Å². The van der Waals surface area contributed by atoms with Crippen molar-refractivity contribution in [2.45, 2.75) is 25.3 Å². The third kappa shape index (κ3) is 3.91. The number of Topliss-reactive ketones (excluding diaryl/α,β-unsaturated/α-hetero) is 1. The highest BCUT2D eigenvalue weighted by atomic mass is 79.9. The van der Waals surface area contributed by atoms with E-state index < -0.39 is 0 Å². The highest BCUT2D eigenvalue weighted by molar-refractivity contribution is 8.93. The Balaban J connectivity index is 0.00000176. The second-order valence-electron chi connectivity index (χ2n) is 5.08. The summed E-state index contributed by atoms with van der Waals surface area (Å²) in [5.74, 6) is 0.346. The van der Waals surface area contributed by atoms with Gasteiger partial charge in [-0.1, -0.05) is 41.7 Å². The number of halogens is 1. The Morgan fingerprint density at radius 3 is 2.68 bits per heavy atom. The molecule has 0 radical (unpaired) electrons. The maximum Gasteiger partial charge on any atom is 0.200 e. The molecule has 0 saturated carbocycles. The molecule has 0 atom stereocenters. The van der Waals surface area contributed by atoms with Gasteiger partial charge >= 0.3 is 0 Å². The van der Waals surface area contributed by atoms with E-state index in [-0.39, 0.29) is 29.3 Å². The Kier molecular flexibility index (Phi) is 6.05. The van der Waals surface area contributed by atoms with Gasteiger partial charge in [0.15, 0.2) is 5.78 Å². The summed E-state index contributed by atoms with van der Waals surface area (Å²) in [5.41, 5.74) is 0.657. The van der Waals surface area contributed by atoms with Gasteiger partial charge in [0, 0.05) is 24.7 Å². The van der Waals surface area contributed by atoms with Gasteiger partial charge in [-0.2, -0.15) is 5.10 Å². The predicted octanol–water partition coefficient (Wildman–Crippen LogP) is 2.78. The van der Waals surface area contributed by atoms with Crippen LogP contribution in [0, 0.1) is 5.41 Å². The zero-order valence-electron chi connectivity index (χ0n) is 12.0. The lowest BCUT2D eigenvalue weighted by atomic mass is 10.0. The highest BCUT2D eigenvalue weighted by Crippen LogP contribution is 2.26. The highest BCUT2D eigenvalue weighted by Gasteiger charge is 2.20. The summed E-state index contributed by atoms with van der Waals surface area (Å²) in [4.78, 5) is 12.5. The molecule has 1 aromatic heterocycles. The van der Waals surface area contributed by atoms with Crippen molar-refractivity contribution in [3.05, 3.63) is 45.7 Å². The van der Waals surface area contributed by atoms with Gasteiger partial charge in [0.1, 0.15) is 11.6 Å². The van der Waals surface area contributed by atoms with Crippen molar-refractivity contribution >= 4 is 34.1 Å². The molecular weight excluding hydrogens is 366 g/mol. The molecule has 1 aliphatic heterocycles. The van der Waals surface area contributed by atoms with Crippen molar-refractivity contribution in [3.8, 4) is 0 Å². The molecule has 2 heterocycles. The Hall–Kier alpha value is -1.31. The van der Waals surface area contributed by atoms with E-state index in [0.717, 1.165) is 31.1 Å². The molecule has 1 N–H and O–H groups in total. The number of ketones is 1. The molecule has 118 valence electrons. The van der Waals surface area contributed by atoms with Gasteiger partial charge in [-0.25, -0.2) is 4.68 Å². The van der Waals surface area contributed by atoms with Gasteiger partial charge in [0.05, 0.1) is 0 Å². The third-order valence-corrected chi connectivity index (χ3v) is 4.64. The molecule has 0 bridgehead atoms. The number of nitrogens with one attached hydrogen (secondary N) is 1. The Labute approximate surface area is 143 Å². The molecular formula is C15H18BrN3O2S. The van der Waals surface area contributed by atoms with Crippen molar-refractivity contribution in [2.24, 2.45) is 0 Å². The first-order valence-electron chi connectivity index (χ1n) is 7.02. The molecule has 1 aliphatic rings. The molecule has 0 aliphatic carbocycles. The number of aromatic nitrogens is 2. The van der Waals surface area contributed by atoms with Crippen LogP contribution in [0.15, 0.2) is 30.3 Å². The summed E-state index contributed by atoms with van der Waals surface area (Å²) < 4.78 is 6.85. The summed E-state index contributed by atoms with van der Waals surface area (Å²) in [7, 11) is 0. The SMILES string of the molecule is Br.N=c1sc(C2CCOCC2)nn1CC(=O)c1ccccc1. The molecule has 0 amide bonds. The minimum Gasteiger partial charge on any atom is -0.381 e. The maximum absolute atomic E-state index is 12.2. The fourth-order valence-electron chi connectivity index (χ4n) is 2.40. The first-order chi connectivity index (χ1) is 10.2. The second-order valence-corrected chi connectivity index (χ2v) is 6.09. The van der Waals surface area contributed by atoms with Crippen LogP contribution >= 0.6 is 28.3 Å². The van der Waals surface area contributed by atoms with E-state index in [1.807, 2.05) is 18.2 Å². The number of rotatable bonds is 4. The molecule has 1 fully saturated rings. The van der Waals surface area contributed by atoms with E-state index in [9.17, 15) is 4.79 Å². The number of benzene rings is 1. The lowest BCUT2D eigenvalue weighted by Gasteiger charge is -2.19. The summed E-state index contributed by atoms with van der Waals surface area (Å²) >= 11 is 1.37. The Bertz CT molecular complexity index is 678. The summed E-state index contributed by atoms with van der Waals surface area (Å²) in [5, 5.41) is 13.4. The number of hydrogen-bond donors (Lipinski definition) is 1. The predicted molar refractivity (Wildman–Crippen MR) is 89.8 cm³/mol. The maximum atomic E-state index is 12.2. The smallest absolute Gasteiger partial charge is 0.200 e. The Morgan fingerprint density at radius 2 is 2.00 bits per heavy atom. The van der Waals surface area contributed by atoms with E-state index in [1.165, 1.54) is 16.0 Å². The third-order valence-electron chi connectivity index (χ3n) is 3.61. The quantitative estimate of drug-likeness (QED) is 0.825. The molecule has 2 aromatic rings. The molecule has 1 saturated heterocycles. The standard InChI is InChI=1S/C15H17N3O2S.BrH/c16-15-18(10-13(19)11-4-2-1-3-5-11)17-14(21-15)12-6-8-20-9-7-12;/h1-5,12,16H,6-10H2;1H. The van der Waals surface area contributed by atoms with E-state index in [4.69, 9.17) is 10.1 Å². The zero-order valence-corrected chi connectivity index (χ0v) is 14.6. The van der Waals surface area contributed by atoms with Crippen molar-refractivity contribution in [3.63, 3.8) is 0 Å². The van der Waals surface area contributed by atoms with Crippen LogP contribution in [0.2, 0.25) is 0 Å². The van der Waals surface area contributed by atoms with Crippen LogP contribution in [0.3, 0.4) is 0 Å². The van der Waals surface area contributed by atoms with E-state index in [0.29, 0.717) is 16.3 Å². The molecule has 7 heteroatoms. The number of ether oxygens (including phenoxy) is 1. The first-order valence-corrected chi connectivity index (χ1v) is 7.84. The number of carbonyl (C=O) groups is 1. The van der Waals surface area contributed by atoms with Crippen LogP contribution in [0.5, 0.6) is 0 Å². The minimum atomic E-state index is -0.0158. The molecule has 0 unspecified atom stereocenters. The van der Waals surface area contributed by atoms with E-state index in [1.54, 1.807) is 12.1 Å². The summed E-state index contributed by atoms with van der Waals surface area (Å²) in [6, 6.07) is 9.14. The Morgan fingerprint density at radius 1 is 1.32 bits per heavy atom. The van der Waals surface area contributed by atoms with Crippen LogP contribution in [0.4, 0.5) is 0 Å². The molecule has 3 rings (SSSR count). The molecule has 0 spiro atoms. The average Bonchev–Trinajstić information content (AvgIpc) is 2.90. The van der Waals surface area contributed by atoms with Gasteiger partial charge in [0.25, 0.3) is 0 Å². The lowest BCUT2D eigenvalue weighted by molar-refractivity contribution is 0.0848. The van der Waals surface area contributed by atoms with Gasteiger partial charge in [-0.05, 0) is 12.8 Å². The fraction of sp³-hybridized carbons (Fsp3) is 0.400. The number of carbonyl (C=O) groups excluding carboxylic acids is 1. The molecule has 1 aromatic carbocycles. The second kappa shape index (κ2) is 7.80. The summed E-state index contributed by atoms with van der Waals surface area (Å²) in [6.07, 6.45) is 1.89. The first kappa shape index (κ1) is 17.1. The summed E-state index contributed by atoms with van der Waals surface area (Å²) in [6.45, 7) is 1.63. The van der Waals surface area contributed by atoms with Crippen LogP contribution in [0.25, 0.3) is 0 Å². The van der Waals surface area contributed by atoms with Gasteiger partial charge in [0.2, 0.25) is 4.80 Å². The van der Waals surface area contributed by atoms with Crippen molar-refractivity contribution in [1.82, 2.24) is 9.78 Å². The van der Waals surface area contributed by atoms with E-state index in [2.05, 4.69) is 5.10 Å².